The van der Waals surface area contributed by atoms with Crippen LogP contribution in [0, 0.1) is 0 Å². The summed E-state index contributed by atoms with van der Waals surface area (Å²) < 4.78 is 26.5. The molecule has 1 aromatic heterocycles. The third kappa shape index (κ3) is 2.26. The molecule has 0 radical (unpaired) electrons. The lowest BCUT2D eigenvalue weighted by atomic mass is 10.3. The van der Waals surface area contributed by atoms with Crippen LogP contribution in [0.5, 0.6) is 0 Å². The van der Waals surface area contributed by atoms with Gasteiger partial charge in [0, 0.05) is 6.54 Å². The third-order valence-electron chi connectivity index (χ3n) is 2.81. The number of hydrogen-bond donors (Lipinski definition) is 1. The van der Waals surface area contributed by atoms with Crippen LogP contribution in [0.2, 0.25) is 0 Å². The van der Waals surface area contributed by atoms with Crippen molar-refractivity contribution in [2.45, 2.75) is 5.44 Å². The van der Waals surface area contributed by atoms with Gasteiger partial charge in [0.1, 0.15) is 0 Å². The van der Waals surface area contributed by atoms with E-state index in [0.29, 0.717) is 19.7 Å². The second kappa shape index (κ2) is 4.93. The Kier molecular flexibility index (Phi) is 3.29. The minimum Gasteiger partial charge on any atom is -0.359 e. The maximum absolute atomic E-state index is 11.0. The standard InChI is InChI=1S/C11H12N2O3S2/c14-18(15)10-7-13(5-6-16-10)11-12-8-3-1-2-4-9(8)17-11/h1-4,10H,5-7H2,(H,14,15). The molecule has 18 heavy (non-hydrogen) atoms. The van der Waals surface area contributed by atoms with E-state index in [4.69, 9.17) is 9.29 Å². The first-order valence-electron chi connectivity index (χ1n) is 5.56. The van der Waals surface area contributed by atoms with Gasteiger partial charge in [-0.2, -0.15) is 0 Å². The Morgan fingerprint density at radius 1 is 1.50 bits per heavy atom. The van der Waals surface area contributed by atoms with Crippen LogP contribution >= 0.6 is 11.3 Å². The van der Waals surface area contributed by atoms with Crippen LogP contribution in [-0.4, -0.2) is 38.9 Å². The average molecular weight is 284 g/mol. The molecule has 5 nitrogen and oxygen atoms in total. The van der Waals surface area contributed by atoms with Gasteiger partial charge in [-0.15, -0.1) is 0 Å². The zero-order valence-corrected chi connectivity index (χ0v) is 11.1. The van der Waals surface area contributed by atoms with Crippen molar-refractivity contribution in [3.05, 3.63) is 24.3 Å². The molecule has 0 aliphatic carbocycles. The van der Waals surface area contributed by atoms with Gasteiger partial charge in [0.15, 0.2) is 21.6 Å². The molecule has 0 saturated carbocycles. The van der Waals surface area contributed by atoms with Crippen LogP contribution in [0.3, 0.4) is 0 Å². The van der Waals surface area contributed by atoms with Crippen molar-refractivity contribution in [3.63, 3.8) is 0 Å². The van der Waals surface area contributed by atoms with E-state index in [-0.39, 0.29) is 0 Å². The van der Waals surface area contributed by atoms with Gasteiger partial charge in [0.25, 0.3) is 0 Å². The van der Waals surface area contributed by atoms with E-state index in [1.165, 1.54) is 0 Å². The lowest BCUT2D eigenvalue weighted by Gasteiger charge is -2.30. The second-order valence-electron chi connectivity index (χ2n) is 3.99. The molecule has 1 aromatic carbocycles. The molecule has 0 amide bonds. The Labute approximate surface area is 111 Å². The molecule has 1 aliphatic rings. The van der Waals surface area contributed by atoms with Crippen molar-refractivity contribution in [2.75, 3.05) is 24.6 Å². The first-order valence-corrected chi connectivity index (χ1v) is 7.54. The summed E-state index contributed by atoms with van der Waals surface area (Å²) in [4.78, 5) is 6.55. The van der Waals surface area contributed by atoms with Crippen LogP contribution in [0.1, 0.15) is 0 Å². The summed E-state index contributed by atoms with van der Waals surface area (Å²) in [6.07, 6.45) is 0. The Morgan fingerprint density at radius 3 is 3.11 bits per heavy atom. The van der Waals surface area contributed by atoms with Crippen molar-refractivity contribution < 1.29 is 13.5 Å². The molecule has 0 spiro atoms. The van der Waals surface area contributed by atoms with Crippen molar-refractivity contribution in [3.8, 4) is 0 Å². The zero-order valence-electron chi connectivity index (χ0n) is 9.48. The molecule has 2 atom stereocenters. The molecule has 2 aromatic rings. The summed E-state index contributed by atoms with van der Waals surface area (Å²) in [7, 11) is 0. The molecular weight excluding hydrogens is 272 g/mol. The van der Waals surface area contributed by atoms with Gasteiger partial charge in [0.05, 0.1) is 23.4 Å². The number of morpholine rings is 1. The molecule has 0 bridgehead atoms. The lowest BCUT2D eigenvalue weighted by molar-refractivity contribution is 0.0902. The molecule has 2 unspecified atom stereocenters. The number of anilines is 1. The summed E-state index contributed by atoms with van der Waals surface area (Å²) in [5.41, 5.74) is 0.316. The Hall–Kier alpha value is -1.02. The molecule has 7 heteroatoms. The highest BCUT2D eigenvalue weighted by molar-refractivity contribution is 7.79. The van der Waals surface area contributed by atoms with E-state index in [1.807, 2.05) is 29.2 Å². The molecule has 1 N–H and O–H groups in total. The predicted molar refractivity (Wildman–Crippen MR) is 72.3 cm³/mol. The van der Waals surface area contributed by atoms with Gasteiger partial charge in [-0.05, 0) is 12.1 Å². The smallest absolute Gasteiger partial charge is 0.186 e. The molecule has 96 valence electrons. The maximum atomic E-state index is 11.0. The zero-order chi connectivity index (χ0) is 12.5. The third-order valence-corrected chi connectivity index (χ3v) is 4.64. The Morgan fingerprint density at radius 2 is 2.33 bits per heavy atom. The van der Waals surface area contributed by atoms with E-state index < -0.39 is 16.5 Å². The molecule has 1 aliphatic heterocycles. The van der Waals surface area contributed by atoms with Gasteiger partial charge in [-0.25, -0.2) is 9.19 Å². The number of aromatic nitrogens is 1. The maximum Gasteiger partial charge on any atom is 0.186 e. The number of ether oxygens (including phenoxy) is 1. The van der Waals surface area contributed by atoms with E-state index in [2.05, 4.69) is 4.98 Å². The van der Waals surface area contributed by atoms with E-state index in [9.17, 15) is 4.21 Å². The SMILES string of the molecule is O=S(O)C1CN(c2nc3ccccc3s2)CCO1. The monoisotopic (exact) mass is 284 g/mol. The van der Waals surface area contributed by atoms with Crippen LogP contribution in [0.15, 0.2) is 24.3 Å². The summed E-state index contributed by atoms with van der Waals surface area (Å²) in [5.74, 6) is 0. The topological polar surface area (TPSA) is 62.7 Å². The number of rotatable bonds is 2. The average Bonchev–Trinajstić information content (AvgIpc) is 2.82. The second-order valence-corrected chi connectivity index (χ2v) is 6.07. The molecule has 1 saturated heterocycles. The summed E-state index contributed by atoms with van der Waals surface area (Å²) in [6, 6.07) is 7.93. The van der Waals surface area contributed by atoms with Gasteiger partial charge >= 0.3 is 0 Å². The molecule has 2 heterocycles. The minimum absolute atomic E-state index is 0.406. The summed E-state index contributed by atoms with van der Waals surface area (Å²) >= 11 is -0.355. The number of nitrogens with zero attached hydrogens (tertiary/aromatic N) is 2. The van der Waals surface area contributed by atoms with Crippen LogP contribution < -0.4 is 4.90 Å². The van der Waals surface area contributed by atoms with Gasteiger partial charge in [0.2, 0.25) is 0 Å². The van der Waals surface area contributed by atoms with E-state index >= 15 is 0 Å². The van der Waals surface area contributed by atoms with Crippen molar-refractivity contribution in [1.29, 1.82) is 0 Å². The normalized spacial score (nSPS) is 22.3. The largest absolute Gasteiger partial charge is 0.359 e. The van der Waals surface area contributed by atoms with Crippen molar-refractivity contribution in [2.24, 2.45) is 0 Å². The fourth-order valence-electron chi connectivity index (χ4n) is 1.91. The van der Waals surface area contributed by atoms with Gasteiger partial charge in [-0.3, -0.25) is 0 Å². The number of hydrogen-bond acceptors (Lipinski definition) is 5. The number of para-hydroxylation sites is 1. The highest BCUT2D eigenvalue weighted by Gasteiger charge is 2.26. The van der Waals surface area contributed by atoms with Crippen LogP contribution in [0.25, 0.3) is 10.2 Å². The Bertz CT molecular complexity index is 553. The first-order chi connectivity index (χ1) is 8.74. The highest BCUT2D eigenvalue weighted by atomic mass is 32.2. The predicted octanol–water partition coefficient (Wildman–Crippen LogP) is 1.68. The van der Waals surface area contributed by atoms with Crippen molar-refractivity contribution in [1.82, 2.24) is 4.98 Å². The molecule has 1 fully saturated rings. The minimum atomic E-state index is -1.95. The highest BCUT2D eigenvalue weighted by Crippen LogP contribution is 2.29. The summed E-state index contributed by atoms with van der Waals surface area (Å²) in [6.45, 7) is 1.56. The molecular formula is C11H12N2O3S2. The quantitative estimate of drug-likeness (QED) is 0.850. The van der Waals surface area contributed by atoms with Crippen molar-refractivity contribution >= 4 is 37.8 Å². The van der Waals surface area contributed by atoms with Gasteiger partial charge in [-0.1, -0.05) is 23.5 Å². The molecule has 3 rings (SSSR count). The fraction of sp³-hybridized carbons (Fsp3) is 0.364. The number of thiazole rings is 1. The Balaban J connectivity index is 1.87. The lowest BCUT2D eigenvalue weighted by Crippen LogP contribution is -2.44. The number of benzene rings is 1. The first kappa shape index (κ1) is 12.0. The van der Waals surface area contributed by atoms with E-state index in [1.54, 1.807) is 11.3 Å². The number of fused-ring (bicyclic) bond motifs is 1. The fourth-order valence-corrected chi connectivity index (χ4v) is 3.43. The van der Waals surface area contributed by atoms with Gasteiger partial charge < -0.3 is 14.2 Å². The van der Waals surface area contributed by atoms with Crippen LogP contribution in [0.4, 0.5) is 5.13 Å². The van der Waals surface area contributed by atoms with E-state index in [0.717, 1.165) is 15.3 Å². The van der Waals surface area contributed by atoms with Crippen LogP contribution in [-0.2, 0) is 15.8 Å². The summed E-state index contributed by atoms with van der Waals surface area (Å²) in [5, 5.41) is 0.884.